The Morgan fingerprint density at radius 1 is 1.55 bits per heavy atom. The van der Waals surface area contributed by atoms with Crippen molar-refractivity contribution < 1.29 is 19.7 Å². The Bertz CT molecular complexity index is 363. The molecule has 1 aliphatic heterocycles. The summed E-state index contributed by atoms with van der Waals surface area (Å²) < 4.78 is 5.38. The number of hydrogen-bond donors (Lipinski definition) is 2. The number of carbonyl (C=O) groups excluding carboxylic acids is 1. The van der Waals surface area contributed by atoms with Gasteiger partial charge in [-0.1, -0.05) is 6.08 Å². The molecule has 1 aliphatic rings. The highest BCUT2D eigenvalue weighted by Gasteiger charge is 2.52. The fraction of sp³-hybridized carbons (Fsp3) is 0.800. The summed E-state index contributed by atoms with van der Waals surface area (Å²) >= 11 is 0. The van der Waals surface area contributed by atoms with Crippen LogP contribution in [0.25, 0.3) is 0 Å². The van der Waals surface area contributed by atoms with Crippen molar-refractivity contribution >= 4 is 6.09 Å². The topological polar surface area (TPSA) is 70.0 Å². The second kappa shape index (κ2) is 6.14. The molecular weight excluding hydrogens is 258 g/mol. The van der Waals surface area contributed by atoms with Gasteiger partial charge in [-0.25, -0.2) is 4.79 Å². The van der Waals surface area contributed by atoms with Gasteiger partial charge in [0.15, 0.2) is 0 Å². The molecule has 5 nitrogen and oxygen atoms in total. The Balaban J connectivity index is 2.94. The van der Waals surface area contributed by atoms with Crippen molar-refractivity contribution in [3.8, 4) is 0 Å². The van der Waals surface area contributed by atoms with Gasteiger partial charge in [0.25, 0.3) is 0 Å². The number of ether oxygens (including phenoxy) is 1. The van der Waals surface area contributed by atoms with Crippen molar-refractivity contribution in [2.75, 3.05) is 13.2 Å². The van der Waals surface area contributed by atoms with Crippen LogP contribution in [0.15, 0.2) is 12.7 Å². The molecule has 1 fully saturated rings. The molecule has 1 saturated heterocycles. The van der Waals surface area contributed by atoms with Crippen LogP contribution in [0.3, 0.4) is 0 Å². The third kappa shape index (κ3) is 3.33. The zero-order valence-corrected chi connectivity index (χ0v) is 12.9. The van der Waals surface area contributed by atoms with E-state index in [9.17, 15) is 15.0 Å². The molecule has 5 heteroatoms. The number of aliphatic hydroxyl groups is 2. The van der Waals surface area contributed by atoms with Gasteiger partial charge in [0.2, 0.25) is 0 Å². The number of carbonyl (C=O) groups is 1. The molecule has 0 radical (unpaired) electrons. The molecule has 0 aromatic rings. The van der Waals surface area contributed by atoms with Gasteiger partial charge in [0.05, 0.1) is 12.6 Å². The highest BCUT2D eigenvalue weighted by atomic mass is 16.6. The minimum Gasteiger partial charge on any atom is -0.444 e. The predicted molar refractivity (Wildman–Crippen MR) is 77.4 cm³/mol. The van der Waals surface area contributed by atoms with E-state index < -0.39 is 23.2 Å². The van der Waals surface area contributed by atoms with E-state index in [4.69, 9.17) is 4.74 Å². The van der Waals surface area contributed by atoms with E-state index in [1.54, 1.807) is 11.0 Å². The number of amides is 1. The first-order valence-corrected chi connectivity index (χ1v) is 7.07. The Kier molecular flexibility index (Phi) is 5.21. The lowest BCUT2D eigenvalue weighted by Crippen LogP contribution is -2.44. The summed E-state index contributed by atoms with van der Waals surface area (Å²) in [6.45, 7) is 11.2. The third-order valence-corrected chi connectivity index (χ3v) is 4.06. The van der Waals surface area contributed by atoms with Crippen molar-refractivity contribution in [2.24, 2.45) is 5.41 Å². The summed E-state index contributed by atoms with van der Waals surface area (Å²) in [5.74, 6) is 0. The third-order valence-electron chi connectivity index (χ3n) is 4.06. The smallest absolute Gasteiger partial charge is 0.410 e. The second-order valence-electron chi connectivity index (χ2n) is 6.52. The van der Waals surface area contributed by atoms with Gasteiger partial charge in [-0.15, -0.1) is 6.58 Å². The zero-order chi connectivity index (χ0) is 15.6. The maximum Gasteiger partial charge on any atom is 0.410 e. The molecule has 1 rings (SSSR count). The van der Waals surface area contributed by atoms with Crippen LogP contribution in [0.4, 0.5) is 4.79 Å². The Labute approximate surface area is 121 Å². The van der Waals surface area contributed by atoms with Crippen LogP contribution in [0.2, 0.25) is 0 Å². The average molecular weight is 285 g/mol. The molecule has 1 unspecified atom stereocenters. The van der Waals surface area contributed by atoms with Crippen LogP contribution in [0, 0.1) is 5.41 Å². The van der Waals surface area contributed by atoms with Gasteiger partial charge in [-0.3, -0.25) is 0 Å². The van der Waals surface area contributed by atoms with Crippen LogP contribution in [-0.4, -0.2) is 52.1 Å². The van der Waals surface area contributed by atoms with Gasteiger partial charge >= 0.3 is 6.09 Å². The minimum atomic E-state index is -0.685. The quantitative estimate of drug-likeness (QED) is 0.774. The summed E-state index contributed by atoms with van der Waals surface area (Å²) in [6, 6.07) is -0.211. The van der Waals surface area contributed by atoms with E-state index in [-0.39, 0.29) is 19.2 Å². The van der Waals surface area contributed by atoms with Crippen LogP contribution in [0.5, 0.6) is 0 Å². The zero-order valence-electron chi connectivity index (χ0n) is 12.9. The van der Waals surface area contributed by atoms with Gasteiger partial charge < -0.3 is 19.8 Å². The molecule has 3 atom stereocenters. The lowest BCUT2D eigenvalue weighted by molar-refractivity contribution is 0.0130. The van der Waals surface area contributed by atoms with E-state index in [1.807, 2.05) is 27.7 Å². The Morgan fingerprint density at radius 2 is 2.15 bits per heavy atom. The first-order chi connectivity index (χ1) is 9.18. The van der Waals surface area contributed by atoms with Crippen molar-refractivity contribution in [1.82, 2.24) is 4.90 Å². The molecule has 0 saturated carbocycles. The van der Waals surface area contributed by atoms with E-state index >= 15 is 0 Å². The fourth-order valence-electron chi connectivity index (χ4n) is 2.93. The summed E-state index contributed by atoms with van der Waals surface area (Å²) in [5, 5.41) is 19.7. The summed E-state index contributed by atoms with van der Waals surface area (Å²) in [4.78, 5) is 13.8. The number of nitrogens with zero attached hydrogens (tertiary/aromatic N) is 1. The fourth-order valence-corrected chi connectivity index (χ4v) is 2.93. The summed E-state index contributed by atoms with van der Waals surface area (Å²) in [5.41, 5.74) is -1.12. The van der Waals surface area contributed by atoms with Gasteiger partial charge in [-0.2, -0.15) is 0 Å². The maximum absolute atomic E-state index is 12.2. The summed E-state index contributed by atoms with van der Waals surface area (Å²) in [7, 11) is 0. The van der Waals surface area contributed by atoms with Crippen molar-refractivity contribution in [3.63, 3.8) is 0 Å². The maximum atomic E-state index is 12.2. The monoisotopic (exact) mass is 285 g/mol. The van der Waals surface area contributed by atoms with Gasteiger partial charge in [0, 0.05) is 18.1 Å². The molecule has 2 N–H and O–H groups in total. The van der Waals surface area contributed by atoms with E-state index in [0.717, 1.165) is 0 Å². The second-order valence-corrected chi connectivity index (χ2v) is 6.52. The first kappa shape index (κ1) is 17.0. The molecule has 0 aromatic carbocycles. The Hall–Kier alpha value is -1.07. The molecule has 20 heavy (non-hydrogen) atoms. The molecular formula is C15H27NO4. The predicted octanol–water partition coefficient (Wildman–Crippen LogP) is 1.93. The lowest BCUT2D eigenvalue weighted by atomic mass is 9.73. The normalized spacial score (nSPS) is 30.4. The van der Waals surface area contributed by atoms with Crippen LogP contribution < -0.4 is 0 Å². The van der Waals surface area contributed by atoms with E-state index in [2.05, 4.69) is 6.58 Å². The lowest BCUT2D eigenvalue weighted by Gasteiger charge is -2.36. The highest BCUT2D eigenvalue weighted by molar-refractivity contribution is 5.69. The molecule has 116 valence electrons. The van der Waals surface area contributed by atoms with E-state index in [0.29, 0.717) is 12.8 Å². The molecule has 0 bridgehead atoms. The van der Waals surface area contributed by atoms with Crippen LogP contribution in [0.1, 0.15) is 40.5 Å². The van der Waals surface area contributed by atoms with Gasteiger partial charge in [0.1, 0.15) is 5.60 Å². The number of likely N-dealkylation sites (tertiary alicyclic amines) is 1. The van der Waals surface area contributed by atoms with Crippen LogP contribution >= 0.6 is 0 Å². The Morgan fingerprint density at radius 3 is 2.60 bits per heavy atom. The standard InChI is InChI=1S/C15H27NO4/c1-6-7-15(8-9-17)11(2)16(10-12(15)18)13(19)20-14(3,4)5/h6,11-12,17-18H,1,7-10H2,2-5H3/t11-,12?,15-/m1/s1. The number of allylic oxidation sites excluding steroid dienone is 1. The highest BCUT2D eigenvalue weighted by Crippen LogP contribution is 2.43. The largest absolute Gasteiger partial charge is 0.444 e. The number of hydrogen-bond acceptors (Lipinski definition) is 4. The SMILES string of the molecule is C=CC[C@]1(CCO)C(O)CN(C(=O)OC(C)(C)C)[C@@H]1C. The van der Waals surface area contributed by atoms with Crippen LogP contribution in [-0.2, 0) is 4.74 Å². The molecule has 0 spiro atoms. The van der Waals surface area contributed by atoms with Crippen molar-refractivity contribution in [3.05, 3.63) is 12.7 Å². The number of β-amino-alcohol motifs (C(OH)–C–C–N with tert-alkyl or cyclic N) is 1. The molecule has 0 aromatic heterocycles. The molecule has 1 amide bonds. The van der Waals surface area contributed by atoms with Crippen molar-refractivity contribution in [2.45, 2.75) is 58.3 Å². The number of aliphatic hydroxyl groups excluding tert-OH is 2. The first-order valence-electron chi connectivity index (χ1n) is 7.07. The van der Waals surface area contributed by atoms with Crippen molar-refractivity contribution in [1.29, 1.82) is 0 Å². The average Bonchev–Trinajstić information content (AvgIpc) is 2.53. The summed E-state index contributed by atoms with van der Waals surface area (Å²) in [6.07, 6.45) is 1.60. The van der Waals surface area contributed by atoms with Gasteiger partial charge in [-0.05, 0) is 40.5 Å². The molecule has 0 aliphatic carbocycles. The van der Waals surface area contributed by atoms with E-state index in [1.165, 1.54) is 0 Å². The minimum absolute atomic E-state index is 0.0304. The number of rotatable bonds is 4. The molecule has 1 heterocycles.